The molecule has 3 aromatic rings. The van der Waals surface area contributed by atoms with E-state index in [4.69, 9.17) is 4.98 Å². The summed E-state index contributed by atoms with van der Waals surface area (Å²) >= 11 is 1.61. The van der Waals surface area contributed by atoms with Crippen LogP contribution in [0.4, 0.5) is 0 Å². The summed E-state index contributed by atoms with van der Waals surface area (Å²) in [7, 11) is 0. The van der Waals surface area contributed by atoms with Crippen LogP contribution in [0, 0.1) is 0 Å². The number of nitrogens with one attached hydrogen (secondary N) is 1. The number of thiazole rings is 1. The van der Waals surface area contributed by atoms with Crippen LogP contribution in [0.25, 0.3) is 22.0 Å². The van der Waals surface area contributed by atoms with Gasteiger partial charge >= 0.3 is 0 Å². The zero-order valence-corrected chi connectivity index (χ0v) is 14.8. The lowest BCUT2D eigenvalue weighted by Gasteiger charge is -2.13. The molecule has 4 rings (SSSR count). The SMILES string of the molecule is O=C(Cn1cccc1-c1nc(-c2ccccc2)cs1)NC1CCCC1. The van der Waals surface area contributed by atoms with Gasteiger partial charge in [-0.05, 0) is 25.0 Å². The van der Waals surface area contributed by atoms with E-state index in [-0.39, 0.29) is 5.91 Å². The first-order valence-corrected chi connectivity index (χ1v) is 9.63. The van der Waals surface area contributed by atoms with Crippen molar-refractivity contribution in [2.75, 3.05) is 0 Å². The molecule has 4 nitrogen and oxygen atoms in total. The summed E-state index contributed by atoms with van der Waals surface area (Å²) in [5.74, 6) is 0.0872. The van der Waals surface area contributed by atoms with Gasteiger partial charge in [0.1, 0.15) is 11.6 Å². The number of nitrogens with zero attached hydrogens (tertiary/aromatic N) is 2. The van der Waals surface area contributed by atoms with E-state index in [0.29, 0.717) is 12.6 Å². The molecule has 0 unspecified atom stereocenters. The predicted molar refractivity (Wildman–Crippen MR) is 101 cm³/mol. The summed E-state index contributed by atoms with van der Waals surface area (Å²) < 4.78 is 1.98. The summed E-state index contributed by atoms with van der Waals surface area (Å²) in [6, 6.07) is 14.5. The van der Waals surface area contributed by atoms with Crippen LogP contribution in [-0.4, -0.2) is 21.5 Å². The van der Waals surface area contributed by atoms with Crippen LogP contribution in [0.2, 0.25) is 0 Å². The van der Waals surface area contributed by atoms with Crippen molar-refractivity contribution in [2.24, 2.45) is 0 Å². The van der Waals surface area contributed by atoms with E-state index in [1.54, 1.807) is 11.3 Å². The highest BCUT2D eigenvalue weighted by Gasteiger charge is 2.18. The lowest BCUT2D eigenvalue weighted by Crippen LogP contribution is -2.35. The van der Waals surface area contributed by atoms with Gasteiger partial charge in [-0.2, -0.15) is 0 Å². The molecule has 5 heteroatoms. The molecule has 1 N–H and O–H groups in total. The fourth-order valence-corrected chi connectivity index (χ4v) is 4.25. The molecule has 0 saturated heterocycles. The zero-order chi connectivity index (χ0) is 17.1. The van der Waals surface area contributed by atoms with Gasteiger partial charge in [-0.25, -0.2) is 4.98 Å². The first-order valence-electron chi connectivity index (χ1n) is 8.75. The minimum absolute atomic E-state index is 0.0872. The monoisotopic (exact) mass is 351 g/mol. The van der Waals surface area contributed by atoms with E-state index < -0.39 is 0 Å². The van der Waals surface area contributed by atoms with Gasteiger partial charge in [0, 0.05) is 23.2 Å². The van der Waals surface area contributed by atoms with Gasteiger partial charge in [-0.1, -0.05) is 43.2 Å². The minimum Gasteiger partial charge on any atom is -0.352 e. The molecule has 1 aliphatic carbocycles. The van der Waals surface area contributed by atoms with Crippen molar-refractivity contribution in [1.29, 1.82) is 0 Å². The Morgan fingerprint density at radius 1 is 1.16 bits per heavy atom. The maximum Gasteiger partial charge on any atom is 0.240 e. The zero-order valence-electron chi connectivity index (χ0n) is 14.0. The second kappa shape index (κ2) is 7.23. The molecule has 0 atom stereocenters. The first kappa shape index (κ1) is 16.1. The number of hydrogen-bond acceptors (Lipinski definition) is 3. The van der Waals surface area contributed by atoms with Gasteiger partial charge in [0.25, 0.3) is 0 Å². The number of benzene rings is 1. The summed E-state index contributed by atoms with van der Waals surface area (Å²) in [6.07, 6.45) is 6.61. The van der Waals surface area contributed by atoms with Crippen LogP contribution in [0.15, 0.2) is 54.0 Å². The lowest BCUT2D eigenvalue weighted by molar-refractivity contribution is -0.122. The second-order valence-corrected chi connectivity index (χ2v) is 7.33. The first-order chi connectivity index (χ1) is 12.3. The molecule has 1 saturated carbocycles. The third-order valence-corrected chi connectivity index (χ3v) is 5.52. The predicted octanol–water partition coefficient (Wildman–Crippen LogP) is 4.34. The summed E-state index contributed by atoms with van der Waals surface area (Å²) in [4.78, 5) is 17.1. The fraction of sp³-hybridized carbons (Fsp3) is 0.300. The molecule has 0 spiro atoms. The summed E-state index contributed by atoms with van der Waals surface area (Å²) in [6.45, 7) is 0.346. The highest BCUT2D eigenvalue weighted by Crippen LogP contribution is 2.29. The molecule has 0 bridgehead atoms. The Kier molecular flexibility index (Phi) is 4.65. The molecule has 128 valence electrons. The molecule has 1 aliphatic rings. The number of rotatable bonds is 5. The topological polar surface area (TPSA) is 46.9 Å². The molecule has 1 amide bonds. The van der Waals surface area contributed by atoms with Crippen LogP contribution < -0.4 is 5.32 Å². The third kappa shape index (κ3) is 3.66. The van der Waals surface area contributed by atoms with E-state index in [9.17, 15) is 4.79 Å². The van der Waals surface area contributed by atoms with E-state index in [1.807, 2.05) is 41.1 Å². The Hall–Kier alpha value is -2.40. The molecule has 0 aliphatic heterocycles. The second-order valence-electron chi connectivity index (χ2n) is 6.47. The van der Waals surface area contributed by atoms with E-state index in [1.165, 1.54) is 12.8 Å². The van der Waals surface area contributed by atoms with Crippen LogP contribution in [-0.2, 0) is 11.3 Å². The highest BCUT2D eigenvalue weighted by molar-refractivity contribution is 7.13. The molecule has 25 heavy (non-hydrogen) atoms. The van der Waals surface area contributed by atoms with Crippen molar-refractivity contribution in [3.05, 3.63) is 54.0 Å². The van der Waals surface area contributed by atoms with Gasteiger partial charge in [0.05, 0.1) is 11.4 Å². The molecule has 2 aromatic heterocycles. The standard InChI is InChI=1S/C20H21N3OS/c24-19(21-16-9-4-5-10-16)13-23-12-6-11-18(23)20-22-17(14-25-20)15-7-2-1-3-8-15/h1-3,6-8,11-12,14,16H,4-5,9-10,13H2,(H,21,24). The molecule has 0 radical (unpaired) electrons. The van der Waals surface area contributed by atoms with Gasteiger partial charge in [0.15, 0.2) is 0 Å². The number of amides is 1. The van der Waals surface area contributed by atoms with Crippen molar-refractivity contribution < 1.29 is 4.79 Å². The average Bonchev–Trinajstić information content (AvgIpc) is 3.36. The van der Waals surface area contributed by atoms with Crippen LogP contribution in [0.1, 0.15) is 25.7 Å². The van der Waals surface area contributed by atoms with Crippen molar-refractivity contribution in [3.8, 4) is 22.0 Å². The van der Waals surface area contributed by atoms with Gasteiger partial charge in [-0.15, -0.1) is 11.3 Å². The Morgan fingerprint density at radius 3 is 2.76 bits per heavy atom. The van der Waals surface area contributed by atoms with Gasteiger partial charge in [-0.3, -0.25) is 4.79 Å². The largest absolute Gasteiger partial charge is 0.352 e. The quantitative estimate of drug-likeness (QED) is 0.743. The summed E-state index contributed by atoms with van der Waals surface area (Å²) in [5, 5.41) is 6.16. The Morgan fingerprint density at radius 2 is 1.96 bits per heavy atom. The maximum atomic E-state index is 12.3. The van der Waals surface area contributed by atoms with Crippen molar-refractivity contribution in [3.63, 3.8) is 0 Å². The van der Waals surface area contributed by atoms with Crippen LogP contribution in [0.5, 0.6) is 0 Å². The molecular weight excluding hydrogens is 330 g/mol. The third-order valence-electron chi connectivity index (χ3n) is 4.66. The van der Waals surface area contributed by atoms with Crippen LogP contribution in [0.3, 0.4) is 0 Å². The number of carbonyl (C=O) groups is 1. The number of hydrogen-bond donors (Lipinski definition) is 1. The lowest BCUT2D eigenvalue weighted by atomic mass is 10.2. The van der Waals surface area contributed by atoms with Gasteiger partial charge in [0.2, 0.25) is 5.91 Å². The fourth-order valence-electron chi connectivity index (χ4n) is 3.38. The normalized spacial score (nSPS) is 14.7. The number of carbonyl (C=O) groups excluding carboxylic acids is 1. The minimum atomic E-state index is 0.0872. The molecule has 1 aromatic carbocycles. The van der Waals surface area contributed by atoms with E-state index in [0.717, 1.165) is 34.8 Å². The van der Waals surface area contributed by atoms with E-state index >= 15 is 0 Å². The van der Waals surface area contributed by atoms with Crippen molar-refractivity contribution in [2.45, 2.75) is 38.3 Å². The Bertz CT molecular complexity index is 847. The highest BCUT2D eigenvalue weighted by atomic mass is 32.1. The Balaban J connectivity index is 1.49. The average molecular weight is 351 g/mol. The van der Waals surface area contributed by atoms with Crippen molar-refractivity contribution in [1.82, 2.24) is 14.9 Å². The van der Waals surface area contributed by atoms with Crippen molar-refractivity contribution >= 4 is 17.2 Å². The maximum absolute atomic E-state index is 12.3. The Labute approximate surface area is 151 Å². The summed E-state index contributed by atoms with van der Waals surface area (Å²) in [5.41, 5.74) is 3.08. The van der Waals surface area contributed by atoms with E-state index in [2.05, 4.69) is 22.8 Å². The molecule has 1 fully saturated rings. The molecular formula is C20H21N3OS. The van der Waals surface area contributed by atoms with Crippen LogP contribution >= 0.6 is 11.3 Å². The smallest absolute Gasteiger partial charge is 0.240 e. The number of aromatic nitrogens is 2. The molecule has 2 heterocycles. The van der Waals surface area contributed by atoms with Gasteiger partial charge < -0.3 is 9.88 Å².